The molecule has 1 aliphatic heterocycles. The van der Waals surface area contributed by atoms with Crippen LogP contribution in [0.25, 0.3) is 33.2 Å². The van der Waals surface area contributed by atoms with E-state index in [1.54, 1.807) is 12.1 Å². The Labute approximate surface area is 199 Å². The minimum Gasteiger partial charge on any atom is -0.372 e. The van der Waals surface area contributed by atoms with Crippen LogP contribution >= 0.6 is 0 Å². The number of carbonyl (C=O) groups is 1. The molecule has 182 valence electrons. The average molecular weight is 483 g/mol. The summed E-state index contributed by atoms with van der Waals surface area (Å²) in [7, 11) is 0. The van der Waals surface area contributed by atoms with Crippen molar-refractivity contribution in [3.05, 3.63) is 59.7 Å². The molecule has 6 nitrogen and oxygen atoms in total. The van der Waals surface area contributed by atoms with E-state index in [4.69, 9.17) is 15.5 Å². The Morgan fingerprint density at radius 2 is 1.89 bits per heavy atom. The van der Waals surface area contributed by atoms with Gasteiger partial charge < -0.3 is 20.4 Å². The zero-order valence-corrected chi connectivity index (χ0v) is 19.3. The van der Waals surface area contributed by atoms with Crippen LogP contribution in [0.3, 0.4) is 0 Å². The number of pyridine rings is 1. The van der Waals surface area contributed by atoms with Crippen LogP contribution in [0.5, 0.6) is 0 Å². The average Bonchev–Trinajstić information content (AvgIpc) is 3.16. The van der Waals surface area contributed by atoms with E-state index in [1.807, 2.05) is 32.0 Å². The second-order valence-corrected chi connectivity index (χ2v) is 9.13. The summed E-state index contributed by atoms with van der Waals surface area (Å²) in [6.07, 6.45) is -4.32. The van der Waals surface area contributed by atoms with Gasteiger partial charge in [-0.25, -0.2) is 4.98 Å². The standard InChI is InChI=1S/C26H25F3N4O2/c1-14-12-33(13-15(2)35-14)19-6-7-20-22(11-19)32-24-17(10-23(30)34)9-21(31-25(20)24)16-4-3-5-18(8-16)26(27,28)29/h3-9,11,14-15,32H,10,12-13H2,1-2H3,(H2,30,34)/t14-,15+. The lowest BCUT2D eigenvalue weighted by Crippen LogP contribution is -2.45. The molecule has 3 heterocycles. The van der Waals surface area contributed by atoms with Crippen LogP contribution in [0.15, 0.2) is 48.5 Å². The van der Waals surface area contributed by atoms with E-state index in [0.717, 1.165) is 41.8 Å². The van der Waals surface area contributed by atoms with Gasteiger partial charge in [-0.15, -0.1) is 0 Å². The van der Waals surface area contributed by atoms with Crippen LogP contribution in [0.1, 0.15) is 25.0 Å². The molecule has 9 heteroatoms. The summed E-state index contributed by atoms with van der Waals surface area (Å²) >= 11 is 0. The molecule has 2 aromatic heterocycles. The summed E-state index contributed by atoms with van der Waals surface area (Å²) in [5, 5.41) is 0.817. The molecule has 0 radical (unpaired) electrons. The molecule has 0 saturated carbocycles. The number of anilines is 1. The fourth-order valence-corrected chi connectivity index (χ4v) is 4.82. The second kappa shape index (κ2) is 8.57. The number of ether oxygens (including phenoxy) is 1. The number of rotatable bonds is 4. The van der Waals surface area contributed by atoms with Gasteiger partial charge in [-0.1, -0.05) is 12.1 Å². The first-order chi connectivity index (χ1) is 16.6. The zero-order chi connectivity index (χ0) is 24.9. The Hall–Kier alpha value is -3.59. The number of nitrogens with one attached hydrogen (secondary N) is 1. The molecular weight excluding hydrogens is 457 g/mol. The molecule has 4 aromatic rings. The predicted octanol–water partition coefficient (Wildman–Crippen LogP) is 5.04. The fraction of sp³-hybridized carbons (Fsp3) is 0.308. The molecular formula is C26H25F3N4O2. The minimum atomic E-state index is -4.47. The van der Waals surface area contributed by atoms with Crippen LogP contribution in [0.4, 0.5) is 18.9 Å². The molecule has 1 saturated heterocycles. The molecule has 2 atom stereocenters. The van der Waals surface area contributed by atoms with Gasteiger partial charge in [0.25, 0.3) is 0 Å². The normalized spacial score (nSPS) is 18.9. The van der Waals surface area contributed by atoms with Gasteiger partial charge in [0.05, 0.1) is 46.4 Å². The SMILES string of the molecule is C[C@@H]1CN(c2ccc3c(c2)[nH]c2c(CC(N)=O)cc(-c4cccc(C(F)(F)F)c4)nc23)C[C@H](C)O1. The van der Waals surface area contributed by atoms with E-state index in [0.29, 0.717) is 27.9 Å². The van der Waals surface area contributed by atoms with Crippen LogP contribution in [-0.4, -0.2) is 41.2 Å². The molecule has 0 bridgehead atoms. The smallest absolute Gasteiger partial charge is 0.372 e. The van der Waals surface area contributed by atoms with Crippen LogP contribution < -0.4 is 10.6 Å². The van der Waals surface area contributed by atoms with Crippen molar-refractivity contribution in [2.45, 2.75) is 38.7 Å². The van der Waals surface area contributed by atoms with Gasteiger partial charge in [-0.05, 0) is 55.8 Å². The number of fused-ring (bicyclic) bond motifs is 3. The number of halogens is 3. The van der Waals surface area contributed by atoms with Crippen molar-refractivity contribution < 1.29 is 22.7 Å². The highest BCUT2D eigenvalue weighted by Gasteiger charge is 2.30. The third kappa shape index (κ3) is 4.55. The first-order valence-corrected chi connectivity index (χ1v) is 11.4. The lowest BCUT2D eigenvalue weighted by atomic mass is 10.0. The van der Waals surface area contributed by atoms with E-state index < -0.39 is 17.6 Å². The van der Waals surface area contributed by atoms with E-state index >= 15 is 0 Å². The number of alkyl halides is 3. The molecule has 1 aliphatic rings. The topological polar surface area (TPSA) is 84.2 Å². The number of carbonyl (C=O) groups excluding carboxylic acids is 1. The summed E-state index contributed by atoms with van der Waals surface area (Å²) in [6, 6.07) is 12.6. The summed E-state index contributed by atoms with van der Waals surface area (Å²) in [6.45, 7) is 5.61. The third-order valence-corrected chi connectivity index (χ3v) is 6.25. The van der Waals surface area contributed by atoms with Crippen LogP contribution in [0, 0.1) is 0 Å². The number of primary amides is 1. The summed E-state index contributed by atoms with van der Waals surface area (Å²) in [5.74, 6) is -0.539. The number of nitrogens with zero attached hydrogens (tertiary/aromatic N) is 2. The molecule has 3 N–H and O–H groups in total. The van der Waals surface area contributed by atoms with Crippen molar-refractivity contribution in [1.29, 1.82) is 0 Å². The minimum absolute atomic E-state index is 0.0663. The maximum absolute atomic E-state index is 13.3. The fourth-order valence-electron chi connectivity index (χ4n) is 4.82. The summed E-state index contributed by atoms with van der Waals surface area (Å²) in [4.78, 5) is 22.1. The van der Waals surface area contributed by atoms with E-state index in [2.05, 4.69) is 9.88 Å². The molecule has 0 aliphatic carbocycles. The molecule has 2 aromatic carbocycles. The number of aromatic nitrogens is 2. The largest absolute Gasteiger partial charge is 0.416 e. The van der Waals surface area contributed by atoms with Gasteiger partial charge >= 0.3 is 6.18 Å². The Kier molecular flexibility index (Phi) is 5.67. The lowest BCUT2D eigenvalue weighted by molar-refractivity contribution is -0.137. The Morgan fingerprint density at radius 1 is 1.14 bits per heavy atom. The first kappa shape index (κ1) is 23.2. The molecule has 1 fully saturated rings. The number of benzene rings is 2. The van der Waals surface area contributed by atoms with E-state index in [9.17, 15) is 18.0 Å². The lowest BCUT2D eigenvalue weighted by Gasteiger charge is -2.36. The molecule has 1 amide bonds. The maximum atomic E-state index is 13.3. The highest BCUT2D eigenvalue weighted by atomic mass is 19.4. The maximum Gasteiger partial charge on any atom is 0.416 e. The monoisotopic (exact) mass is 482 g/mol. The summed E-state index contributed by atoms with van der Waals surface area (Å²) < 4.78 is 45.7. The van der Waals surface area contributed by atoms with Crippen LogP contribution in [-0.2, 0) is 22.1 Å². The molecule has 0 spiro atoms. The number of aromatic amines is 1. The molecule has 0 unspecified atom stereocenters. The van der Waals surface area contributed by atoms with Gasteiger partial charge in [0, 0.05) is 29.7 Å². The quantitative estimate of drug-likeness (QED) is 0.427. The van der Waals surface area contributed by atoms with Crippen molar-refractivity contribution in [2.75, 3.05) is 18.0 Å². The number of H-pyrrole nitrogens is 1. The van der Waals surface area contributed by atoms with E-state index in [1.165, 1.54) is 6.07 Å². The number of nitrogens with two attached hydrogens (primary N) is 1. The Balaban J connectivity index is 1.65. The zero-order valence-electron chi connectivity index (χ0n) is 19.3. The third-order valence-electron chi connectivity index (χ3n) is 6.25. The molecule has 5 rings (SSSR count). The van der Waals surface area contributed by atoms with Crippen molar-refractivity contribution in [3.8, 4) is 11.3 Å². The summed E-state index contributed by atoms with van der Waals surface area (Å²) in [5.41, 5.74) is 9.06. The predicted molar refractivity (Wildman–Crippen MR) is 129 cm³/mol. The van der Waals surface area contributed by atoms with Crippen LogP contribution in [0.2, 0.25) is 0 Å². The van der Waals surface area contributed by atoms with Crippen molar-refractivity contribution >= 4 is 33.5 Å². The van der Waals surface area contributed by atoms with Gasteiger partial charge in [0.1, 0.15) is 0 Å². The number of amides is 1. The number of morpholine rings is 1. The van der Waals surface area contributed by atoms with Crippen molar-refractivity contribution in [2.24, 2.45) is 5.73 Å². The second-order valence-electron chi connectivity index (χ2n) is 9.13. The highest BCUT2D eigenvalue weighted by molar-refractivity contribution is 6.08. The Bertz CT molecular complexity index is 1420. The Morgan fingerprint density at radius 3 is 2.57 bits per heavy atom. The van der Waals surface area contributed by atoms with Gasteiger partial charge in [0.15, 0.2) is 0 Å². The number of hydrogen-bond acceptors (Lipinski definition) is 4. The van der Waals surface area contributed by atoms with Crippen molar-refractivity contribution in [3.63, 3.8) is 0 Å². The van der Waals surface area contributed by atoms with Gasteiger partial charge in [-0.3, -0.25) is 4.79 Å². The van der Waals surface area contributed by atoms with E-state index in [-0.39, 0.29) is 18.6 Å². The van der Waals surface area contributed by atoms with Gasteiger partial charge in [-0.2, -0.15) is 13.2 Å². The molecule has 35 heavy (non-hydrogen) atoms. The highest BCUT2D eigenvalue weighted by Crippen LogP contribution is 2.35. The van der Waals surface area contributed by atoms with Crippen molar-refractivity contribution in [1.82, 2.24) is 9.97 Å². The number of hydrogen-bond donors (Lipinski definition) is 2. The first-order valence-electron chi connectivity index (χ1n) is 11.4. The van der Waals surface area contributed by atoms with Gasteiger partial charge in [0.2, 0.25) is 5.91 Å².